The Kier molecular flexibility index (Phi) is 4.25. The molecule has 0 aliphatic rings. The molecule has 1 atom stereocenters. The number of carbonyl (C=O) groups is 1. The van der Waals surface area contributed by atoms with E-state index < -0.39 is 46.1 Å². The molecule has 0 aliphatic carbocycles. The fourth-order valence-electron chi connectivity index (χ4n) is 1.40. The lowest BCUT2D eigenvalue weighted by molar-refractivity contribution is -0.162. The number of aliphatic carboxylic acids is 1. The molecule has 0 saturated carbocycles. The number of alkyl halides is 6. The van der Waals surface area contributed by atoms with Gasteiger partial charge in [0.1, 0.15) is 0 Å². The van der Waals surface area contributed by atoms with E-state index in [0.717, 1.165) is 0 Å². The first kappa shape index (κ1) is 16.6. The van der Waals surface area contributed by atoms with E-state index in [1.165, 1.54) is 0 Å². The molecule has 20 heavy (non-hydrogen) atoms. The molecule has 10 heteroatoms. The van der Waals surface area contributed by atoms with Crippen LogP contribution in [0.25, 0.3) is 0 Å². The first-order valence-electron chi connectivity index (χ1n) is 4.74. The maximum atomic E-state index is 12.6. The van der Waals surface area contributed by atoms with Crippen LogP contribution in [-0.4, -0.2) is 16.2 Å². The topological polar surface area (TPSA) is 57.5 Å². The third kappa shape index (κ3) is 3.34. The van der Waals surface area contributed by atoms with Gasteiger partial charge in [0.05, 0.1) is 11.1 Å². The Morgan fingerprint density at radius 3 is 1.80 bits per heavy atom. The van der Waals surface area contributed by atoms with Gasteiger partial charge in [-0.1, -0.05) is 11.6 Å². The van der Waals surface area contributed by atoms with Crippen molar-refractivity contribution in [2.75, 3.05) is 0 Å². The number of carboxylic acid groups (broad SMARTS) is 1. The molecule has 0 radical (unpaired) electrons. The first-order valence-corrected chi connectivity index (χ1v) is 5.12. The number of rotatable bonds is 2. The van der Waals surface area contributed by atoms with Crippen LogP contribution in [0.3, 0.4) is 0 Å². The fourth-order valence-corrected chi connectivity index (χ4v) is 1.67. The summed E-state index contributed by atoms with van der Waals surface area (Å²) in [6.07, 6.45) is -13.2. The Hall–Kier alpha value is -1.48. The summed E-state index contributed by atoms with van der Waals surface area (Å²) in [7, 11) is 0. The highest BCUT2D eigenvalue weighted by Crippen LogP contribution is 2.43. The quantitative estimate of drug-likeness (QED) is 0.819. The van der Waals surface area contributed by atoms with Crippen molar-refractivity contribution in [3.8, 4) is 0 Å². The van der Waals surface area contributed by atoms with Crippen LogP contribution in [0.15, 0.2) is 12.1 Å². The molecule has 0 spiro atoms. The zero-order chi connectivity index (χ0) is 15.9. The van der Waals surface area contributed by atoms with Crippen LogP contribution in [-0.2, 0) is 17.1 Å². The molecule has 1 rings (SSSR count). The van der Waals surface area contributed by atoms with Crippen molar-refractivity contribution in [3.05, 3.63) is 33.8 Å². The first-order chi connectivity index (χ1) is 8.85. The molecule has 0 heterocycles. The Bertz CT molecular complexity index is 537. The Morgan fingerprint density at radius 2 is 1.45 bits per heavy atom. The molecular weight excluding hydrogens is 318 g/mol. The van der Waals surface area contributed by atoms with E-state index in [-0.39, 0.29) is 12.1 Å². The summed E-state index contributed by atoms with van der Waals surface area (Å²) in [6, 6.07) is -0.185. The lowest BCUT2D eigenvalue weighted by atomic mass is 9.99. The maximum absolute atomic E-state index is 12.6. The number of carboxylic acids is 1. The molecule has 0 amide bonds. The predicted octanol–water partition coefficient (Wildman–Crippen LogP) is 3.50. The summed E-state index contributed by atoms with van der Waals surface area (Å²) in [5.74, 6) is -1.94. The third-order valence-electron chi connectivity index (χ3n) is 2.28. The average molecular weight is 323 g/mol. The second kappa shape index (κ2) is 5.13. The Labute approximate surface area is 112 Å². The highest BCUT2D eigenvalue weighted by atomic mass is 35.5. The number of benzene rings is 1. The zero-order valence-electron chi connectivity index (χ0n) is 9.18. The molecule has 3 nitrogen and oxygen atoms in total. The molecule has 1 aromatic rings. The predicted molar refractivity (Wildman–Crippen MR) is 54.1 cm³/mol. The minimum Gasteiger partial charge on any atom is -0.479 e. The second-order valence-electron chi connectivity index (χ2n) is 3.66. The normalized spacial score (nSPS) is 14.2. The smallest absolute Gasteiger partial charge is 0.417 e. The van der Waals surface area contributed by atoms with Crippen molar-refractivity contribution in [1.29, 1.82) is 0 Å². The molecule has 0 fully saturated rings. The number of aliphatic hydroxyl groups excluding tert-OH is 1. The van der Waals surface area contributed by atoms with Gasteiger partial charge in [-0.2, -0.15) is 26.3 Å². The van der Waals surface area contributed by atoms with Crippen LogP contribution in [0, 0.1) is 0 Å². The van der Waals surface area contributed by atoms with Crippen molar-refractivity contribution in [3.63, 3.8) is 0 Å². The van der Waals surface area contributed by atoms with E-state index in [4.69, 9.17) is 21.8 Å². The largest absolute Gasteiger partial charge is 0.479 e. The molecular formula is C10H5ClF6O3. The van der Waals surface area contributed by atoms with Crippen molar-refractivity contribution >= 4 is 17.6 Å². The van der Waals surface area contributed by atoms with Gasteiger partial charge in [0.25, 0.3) is 0 Å². The van der Waals surface area contributed by atoms with E-state index in [1.54, 1.807) is 0 Å². The van der Waals surface area contributed by atoms with Crippen molar-refractivity contribution in [2.45, 2.75) is 18.5 Å². The summed E-state index contributed by atoms with van der Waals surface area (Å²) >= 11 is 5.31. The van der Waals surface area contributed by atoms with E-state index in [0.29, 0.717) is 0 Å². The monoisotopic (exact) mass is 322 g/mol. The van der Waals surface area contributed by atoms with Crippen molar-refractivity contribution in [1.82, 2.24) is 0 Å². The molecule has 1 unspecified atom stereocenters. The summed E-state index contributed by atoms with van der Waals surface area (Å²) in [6.45, 7) is 0. The van der Waals surface area contributed by atoms with Gasteiger partial charge < -0.3 is 10.2 Å². The van der Waals surface area contributed by atoms with Crippen LogP contribution in [0.2, 0.25) is 5.02 Å². The third-order valence-corrected chi connectivity index (χ3v) is 2.60. The van der Waals surface area contributed by atoms with Gasteiger partial charge in [-0.05, 0) is 12.1 Å². The maximum Gasteiger partial charge on any atom is 0.417 e. The average Bonchev–Trinajstić information content (AvgIpc) is 2.24. The lowest BCUT2D eigenvalue weighted by Gasteiger charge is -2.18. The van der Waals surface area contributed by atoms with Crippen LogP contribution in [0.5, 0.6) is 0 Å². The Balaban J connectivity index is 3.61. The van der Waals surface area contributed by atoms with E-state index in [9.17, 15) is 31.1 Å². The molecule has 1 aromatic carbocycles. The molecule has 0 aromatic heterocycles. The number of aliphatic hydroxyl groups is 1. The van der Waals surface area contributed by atoms with Gasteiger partial charge in [0.2, 0.25) is 0 Å². The van der Waals surface area contributed by atoms with Crippen molar-refractivity contribution < 1.29 is 41.4 Å². The van der Waals surface area contributed by atoms with Gasteiger partial charge in [-0.3, -0.25) is 0 Å². The van der Waals surface area contributed by atoms with Crippen molar-refractivity contribution in [2.24, 2.45) is 0 Å². The van der Waals surface area contributed by atoms with Gasteiger partial charge in [-0.25, -0.2) is 4.79 Å². The molecule has 0 bridgehead atoms. The van der Waals surface area contributed by atoms with E-state index >= 15 is 0 Å². The summed E-state index contributed by atoms with van der Waals surface area (Å²) in [5, 5.41) is 16.7. The SMILES string of the molecule is O=C(O)C(O)c1cc(C(F)(F)F)c(C(F)(F)F)cc1Cl. The van der Waals surface area contributed by atoms with Gasteiger partial charge in [-0.15, -0.1) is 0 Å². The number of hydrogen-bond donors (Lipinski definition) is 2. The standard InChI is InChI=1S/C10H5ClF6O3/c11-6-2-5(10(15,16)17)4(9(12,13)14)1-3(6)7(18)8(19)20/h1-2,7,18H,(H,19,20). The van der Waals surface area contributed by atoms with Gasteiger partial charge in [0, 0.05) is 10.6 Å². The molecule has 0 aliphatic heterocycles. The number of hydrogen-bond acceptors (Lipinski definition) is 2. The summed E-state index contributed by atoms with van der Waals surface area (Å²) in [4.78, 5) is 10.5. The zero-order valence-corrected chi connectivity index (χ0v) is 9.94. The Morgan fingerprint density at radius 1 is 1.05 bits per heavy atom. The van der Waals surface area contributed by atoms with Crippen LogP contribution < -0.4 is 0 Å². The van der Waals surface area contributed by atoms with Crippen LogP contribution in [0.4, 0.5) is 26.3 Å². The minimum absolute atomic E-state index is 0.0636. The summed E-state index contributed by atoms with van der Waals surface area (Å²) in [5.41, 5.74) is -5.15. The lowest BCUT2D eigenvalue weighted by Crippen LogP contribution is -2.19. The minimum atomic E-state index is -5.39. The van der Waals surface area contributed by atoms with Gasteiger partial charge >= 0.3 is 18.3 Å². The highest BCUT2D eigenvalue weighted by molar-refractivity contribution is 6.31. The fraction of sp³-hybridized carbons (Fsp3) is 0.300. The second-order valence-corrected chi connectivity index (χ2v) is 4.06. The van der Waals surface area contributed by atoms with E-state index in [1.807, 2.05) is 0 Å². The molecule has 112 valence electrons. The molecule has 2 N–H and O–H groups in total. The van der Waals surface area contributed by atoms with E-state index in [2.05, 4.69) is 0 Å². The molecule has 0 saturated heterocycles. The van der Waals surface area contributed by atoms with Crippen LogP contribution >= 0.6 is 11.6 Å². The number of halogens is 7. The highest BCUT2D eigenvalue weighted by Gasteiger charge is 2.44. The summed E-state index contributed by atoms with van der Waals surface area (Å²) < 4.78 is 75.3. The van der Waals surface area contributed by atoms with Crippen LogP contribution in [0.1, 0.15) is 22.8 Å². The van der Waals surface area contributed by atoms with Gasteiger partial charge in [0.15, 0.2) is 6.10 Å².